The molecule has 0 spiro atoms. The fourth-order valence-corrected chi connectivity index (χ4v) is 2.12. The minimum atomic E-state index is -3.37. The first-order chi connectivity index (χ1) is 7.99. The summed E-state index contributed by atoms with van der Waals surface area (Å²) < 4.78 is 26.7. The number of hydrogen-bond donors (Lipinski definition) is 2. The second-order valence-corrected chi connectivity index (χ2v) is 5.96. The van der Waals surface area contributed by atoms with Crippen molar-refractivity contribution in [2.45, 2.75) is 6.54 Å². The number of rotatable bonds is 4. The molecule has 17 heavy (non-hydrogen) atoms. The minimum Gasteiger partial charge on any atom is -0.357 e. The third-order valence-electron chi connectivity index (χ3n) is 2.51. The van der Waals surface area contributed by atoms with Gasteiger partial charge < -0.3 is 4.98 Å². The van der Waals surface area contributed by atoms with E-state index in [-0.39, 0.29) is 6.54 Å². The normalized spacial score (nSPS) is 12.4. The highest BCUT2D eigenvalue weighted by Crippen LogP contribution is 2.14. The van der Waals surface area contributed by atoms with Crippen molar-refractivity contribution < 1.29 is 8.42 Å². The third kappa shape index (κ3) is 2.66. The smallest absolute Gasteiger partial charge is 0.279 e. The summed E-state index contributed by atoms with van der Waals surface area (Å²) in [4.78, 5) is 3.16. The van der Waals surface area contributed by atoms with Crippen LogP contribution in [0.2, 0.25) is 0 Å². The second-order valence-electron chi connectivity index (χ2n) is 3.99. The summed E-state index contributed by atoms with van der Waals surface area (Å²) >= 11 is 0. The quantitative estimate of drug-likeness (QED) is 0.856. The fraction of sp³-hybridized carbons (Fsp3) is 0.273. The van der Waals surface area contributed by atoms with Gasteiger partial charge in [-0.05, 0) is 17.5 Å². The number of hydrogen-bond acceptors (Lipinski definition) is 2. The van der Waals surface area contributed by atoms with E-state index in [4.69, 9.17) is 0 Å². The number of nitrogens with one attached hydrogen (secondary N) is 2. The van der Waals surface area contributed by atoms with Gasteiger partial charge in [-0.2, -0.15) is 17.4 Å². The zero-order valence-corrected chi connectivity index (χ0v) is 10.6. The molecule has 0 saturated heterocycles. The lowest BCUT2D eigenvalue weighted by atomic mass is 10.2. The zero-order chi connectivity index (χ0) is 12.5. The van der Waals surface area contributed by atoms with Crippen LogP contribution in [0, 0.1) is 0 Å². The molecule has 1 aromatic carbocycles. The second kappa shape index (κ2) is 4.48. The van der Waals surface area contributed by atoms with Gasteiger partial charge in [-0.15, -0.1) is 0 Å². The predicted molar refractivity (Wildman–Crippen MR) is 67.7 cm³/mol. The van der Waals surface area contributed by atoms with Crippen molar-refractivity contribution in [3.8, 4) is 0 Å². The van der Waals surface area contributed by atoms with Crippen LogP contribution in [0.15, 0.2) is 30.3 Å². The number of fused-ring (bicyclic) bond motifs is 1. The van der Waals surface area contributed by atoms with Gasteiger partial charge in [0.2, 0.25) is 0 Å². The molecule has 0 unspecified atom stereocenters. The van der Waals surface area contributed by atoms with E-state index in [9.17, 15) is 8.42 Å². The van der Waals surface area contributed by atoms with Crippen LogP contribution < -0.4 is 4.72 Å². The summed E-state index contributed by atoms with van der Waals surface area (Å²) in [7, 11) is -0.383. The van der Waals surface area contributed by atoms with Crippen molar-refractivity contribution in [1.29, 1.82) is 0 Å². The maximum Gasteiger partial charge on any atom is 0.279 e. The Hall–Kier alpha value is -1.37. The van der Waals surface area contributed by atoms with Gasteiger partial charge in [0.1, 0.15) is 0 Å². The first-order valence-electron chi connectivity index (χ1n) is 5.23. The van der Waals surface area contributed by atoms with E-state index in [0.29, 0.717) is 0 Å². The molecule has 0 aliphatic rings. The molecule has 1 heterocycles. The van der Waals surface area contributed by atoms with Crippen LogP contribution in [0.1, 0.15) is 5.69 Å². The van der Waals surface area contributed by atoms with Crippen LogP contribution in [0.3, 0.4) is 0 Å². The topological polar surface area (TPSA) is 65.2 Å². The summed E-state index contributed by atoms with van der Waals surface area (Å²) in [5.74, 6) is 0. The maximum absolute atomic E-state index is 11.5. The number of nitrogens with zero attached hydrogens (tertiary/aromatic N) is 1. The average molecular weight is 253 g/mol. The van der Waals surface area contributed by atoms with Gasteiger partial charge in [-0.3, -0.25) is 0 Å². The van der Waals surface area contributed by atoms with Crippen molar-refractivity contribution in [2.24, 2.45) is 0 Å². The summed E-state index contributed by atoms with van der Waals surface area (Å²) in [6.45, 7) is 0.259. The Kier molecular flexibility index (Phi) is 3.19. The SMILES string of the molecule is CN(C)S(=O)(=O)NCc1cc2ccccc2[nH]1. The molecular weight excluding hydrogens is 238 g/mol. The van der Waals surface area contributed by atoms with E-state index >= 15 is 0 Å². The van der Waals surface area contributed by atoms with E-state index in [0.717, 1.165) is 20.9 Å². The molecule has 5 nitrogen and oxygen atoms in total. The lowest BCUT2D eigenvalue weighted by Gasteiger charge is -2.11. The minimum absolute atomic E-state index is 0.259. The van der Waals surface area contributed by atoms with Gasteiger partial charge in [0.05, 0.1) is 6.54 Å². The number of para-hydroxylation sites is 1. The highest BCUT2D eigenvalue weighted by molar-refractivity contribution is 7.87. The average Bonchev–Trinajstić information content (AvgIpc) is 2.69. The highest BCUT2D eigenvalue weighted by atomic mass is 32.2. The lowest BCUT2D eigenvalue weighted by Crippen LogP contribution is -2.35. The molecule has 0 saturated carbocycles. The molecule has 0 aliphatic carbocycles. The molecule has 2 aromatic rings. The number of aromatic amines is 1. The van der Waals surface area contributed by atoms with E-state index in [1.807, 2.05) is 30.3 Å². The molecule has 0 bridgehead atoms. The fourth-order valence-electron chi connectivity index (χ4n) is 1.53. The van der Waals surface area contributed by atoms with E-state index in [2.05, 4.69) is 9.71 Å². The van der Waals surface area contributed by atoms with Gasteiger partial charge in [-0.1, -0.05) is 18.2 Å². The molecule has 0 radical (unpaired) electrons. The summed E-state index contributed by atoms with van der Waals surface area (Å²) in [5.41, 5.74) is 1.85. The van der Waals surface area contributed by atoms with Gasteiger partial charge in [0.25, 0.3) is 10.2 Å². The summed E-state index contributed by atoms with van der Waals surface area (Å²) in [5, 5.41) is 1.08. The number of benzene rings is 1. The monoisotopic (exact) mass is 253 g/mol. The zero-order valence-electron chi connectivity index (χ0n) is 9.77. The molecule has 2 rings (SSSR count). The summed E-state index contributed by atoms with van der Waals surface area (Å²) in [6.07, 6.45) is 0. The molecule has 92 valence electrons. The van der Waals surface area contributed by atoms with Gasteiger partial charge in [0, 0.05) is 25.3 Å². The van der Waals surface area contributed by atoms with Crippen LogP contribution in [0.4, 0.5) is 0 Å². The van der Waals surface area contributed by atoms with Crippen LogP contribution in [-0.4, -0.2) is 31.8 Å². The van der Waals surface area contributed by atoms with Crippen LogP contribution in [0.25, 0.3) is 10.9 Å². The maximum atomic E-state index is 11.5. The first-order valence-corrected chi connectivity index (χ1v) is 6.67. The van der Waals surface area contributed by atoms with Gasteiger partial charge in [0.15, 0.2) is 0 Å². The Balaban J connectivity index is 2.15. The molecule has 0 amide bonds. The van der Waals surface area contributed by atoms with E-state index in [1.54, 1.807) is 0 Å². The van der Waals surface area contributed by atoms with Crippen molar-refractivity contribution in [3.63, 3.8) is 0 Å². The largest absolute Gasteiger partial charge is 0.357 e. The Morgan fingerprint density at radius 3 is 2.65 bits per heavy atom. The molecule has 0 fully saturated rings. The van der Waals surface area contributed by atoms with Gasteiger partial charge >= 0.3 is 0 Å². The van der Waals surface area contributed by atoms with Crippen LogP contribution in [0.5, 0.6) is 0 Å². The molecule has 2 N–H and O–H groups in total. The van der Waals surface area contributed by atoms with E-state index < -0.39 is 10.2 Å². The van der Waals surface area contributed by atoms with Crippen molar-refractivity contribution in [1.82, 2.24) is 14.0 Å². The highest BCUT2D eigenvalue weighted by Gasteiger charge is 2.12. The molecular formula is C11H15N3O2S. The molecule has 6 heteroatoms. The van der Waals surface area contributed by atoms with Crippen molar-refractivity contribution in [3.05, 3.63) is 36.0 Å². The van der Waals surface area contributed by atoms with Crippen molar-refractivity contribution >= 4 is 21.1 Å². The molecule has 0 atom stereocenters. The molecule has 0 aliphatic heterocycles. The van der Waals surface area contributed by atoms with Crippen LogP contribution >= 0.6 is 0 Å². The number of H-pyrrole nitrogens is 1. The number of aromatic nitrogens is 1. The predicted octanol–water partition coefficient (Wildman–Crippen LogP) is 1.06. The summed E-state index contributed by atoms with van der Waals surface area (Å²) in [6, 6.07) is 9.76. The van der Waals surface area contributed by atoms with Gasteiger partial charge in [-0.25, -0.2) is 0 Å². The first kappa shape index (κ1) is 12.1. The van der Waals surface area contributed by atoms with E-state index in [1.165, 1.54) is 14.1 Å². The van der Waals surface area contributed by atoms with Crippen LogP contribution in [-0.2, 0) is 16.8 Å². The standard InChI is InChI=1S/C11H15N3O2S/c1-14(2)17(15,16)12-8-10-7-9-5-3-4-6-11(9)13-10/h3-7,12-13H,8H2,1-2H3. The Bertz CT molecular complexity index is 583. The molecule has 1 aromatic heterocycles. The van der Waals surface area contributed by atoms with Crippen molar-refractivity contribution in [2.75, 3.05) is 14.1 Å². The Labute approximate surface area is 101 Å². The Morgan fingerprint density at radius 2 is 2.00 bits per heavy atom. The lowest BCUT2D eigenvalue weighted by molar-refractivity contribution is 0.505. The third-order valence-corrected chi connectivity index (χ3v) is 3.98. The Morgan fingerprint density at radius 1 is 1.29 bits per heavy atom.